The van der Waals surface area contributed by atoms with E-state index in [1.165, 1.54) is 10.4 Å². The smallest absolute Gasteiger partial charge is 0.243 e. The van der Waals surface area contributed by atoms with Gasteiger partial charge >= 0.3 is 0 Å². The summed E-state index contributed by atoms with van der Waals surface area (Å²) in [7, 11) is -3.69. The van der Waals surface area contributed by atoms with Crippen molar-refractivity contribution in [3.05, 3.63) is 52.8 Å². The molecule has 1 saturated heterocycles. The summed E-state index contributed by atoms with van der Waals surface area (Å²) in [6.45, 7) is 3.73. The molecule has 0 saturated carbocycles. The van der Waals surface area contributed by atoms with E-state index in [9.17, 15) is 12.8 Å². The van der Waals surface area contributed by atoms with Gasteiger partial charge in [-0.25, -0.2) is 12.8 Å². The molecule has 2 aromatic rings. The lowest BCUT2D eigenvalue weighted by Crippen LogP contribution is -2.48. The van der Waals surface area contributed by atoms with Crippen molar-refractivity contribution in [1.29, 1.82) is 0 Å². The third-order valence-electron chi connectivity index (χ3n) is 4.87. The van der Waals surface area contributed by atoms with Crippen LogP contribution < -0.4 is 9.47 Å². The van der Waals surface area contributed by atoms with Gasteiger partial charge in [0, 0.05) is 32.7 Å². The van der Waals surface area contributed by atoms with Gasteiger partial charge in [-0.15, -0.1) is 0 Å². The van der Waals surface area contributed by atoms with Crippen LogP contribution in [0.15, 0.2) is 41.3 Å². The van der Waals surface area contributed by atoms with E-state index in [1.54, 1.807) is 0 Å². The van der Waals surface area contributed by atoms with Gasteiger partial charge in [0.15, 0.2) is 11.5 Å². The highest BCUT2D eigenvalue weighted by molar-refractivity contribution is 7.89. The largest absolute Gasteiger partial charge is 0.486 e. The van der Waals surface area contributed by atoms with Gasteiger partial charge in [0.05, 0.1) is 9.92 Å². The molecule has 2 heterocycles. The van der Waals surface area contributed by atoms with Crippen molar-refractivity contribution in [3.63, 3.8) is 0 Å². The Labute approximate surface area is 168 Å². The van der Waals surface area contributed by atoms with E-state index in [4.69, 9.17) is 21.1 Å². The monoisotopic (exact) mass is 426 g/mol. The van der Waals surface area contributed by atoms with Crippen LogP contribution in [0.1, 0.15) is 5.56 Å². The van der Waals surface area contributed by atoms with Crippen LogP contribution in [0.5, 0.6) is 11.5 Å². The Morgan fingerprint density at radius 1 is 0.964 bits per heavy atom. The second kappa shape index (κ2) is 7.87. The average Bonchev–Trinajstić information content (AvgIpc) is 2.70. The molecule has 6 nitrogen and oxygen atoms in total. The summed E-state index contributed by atoms with van der Waals surface area (Å²) in [6.07, 6.45) is 0. The van der Waals surface area contributed by atoms with Crippen LogP contribution >= 0.6 is 11.6 Å². The highest BCUT2D eigenvalue weighted by Gasteiger charge is 2.29. The molecule has 0 atom stereocenters. The zero-order valence-corrected chi connectivity index (χ0v) is 16.7. The molecule has 150 valence electrons. The van der Waals surface area contributed by atoms with E-state index in [2.05, 4.69) is 4.90 Å². The molecule has 0 radical (unpaired) electrons. The first kappa shape index (κ1) is 19.4. The van der Waals surface area contributed by atoms with Gasteiger partial charge in [0.25, 0.3) is 0 Å². The standard InChI is InChI=1S/C19H20ClFN2O4S/c20-16-12-15(2-3-17(16)21)28(24,25)23-7-5-22(6-8-23)13-14-1-4-18-19(11-14)27-10-9-26-18/h1-4,11-12H,5-10,13H2. The highest BCUT2D eigenvalue weighted by atomic mass is 35.5. The summed E-state index contributed by atoms with van der Waals surface area (Å²) >= 11 is 5.74. The van der Waals surface area contributed by atoms with Crippen LogP contribution in [-0.2, 0) is 16.6 Å². The number of fused-ring (bicyclic) bond motifs is 1. The van der Waals surface area contributed by atoms with Crippen molar-refractivity contribution >= 4 is 21.6 Å². The first-order valence-corrected chi connectivity index (χ1v) is 10.8. The molecule has 28 heavy (non-hydrogen) atoms. The summed E-state index contributed by atoms with van der Waals surface area (Å²) in [5.41, 5.74) is 1.09. The van der Waals surface area contributed by atoms with Crippen molar-refractivity contribution in [3.8, 4) is 11.5 Å². The maximum absolute atomic E-state index is 13.3. The van der Waals surface area contributed by atoms with E-state index in [-0.39, 0.29) is 9.92 Å². The second-order valence-electron chi connectivity index (χ2n) is 6.73. The first-order valence-electron chi connectivity index (χ1n) is 8.99. The van der Waals surface area contributed by atoms with Crippen LogP contribution in [0.4, 0.5) is 4.39 Å². The lowest BCUT2D eigenvalue weighted by atomic mass is 10.1. The van der Waals surface area contributed by atoms with E-state index < -0.39 is 15.8 Å². The third kappa shape index (κ3) is 3.96. The van der Waals surface area contributed by atoms with Crippen LogP contribution in [0.2, 0.25) is 5.02 Å². The predicted molar refractivity (Wildman–Crippen MR) is 103 cm³/mol. The van der Waals surface area contributed by atoms with Crippen molar-refractivity contribution in [2.24, 2.45) is 0 Å². The van der Waals surface area contributed by atoms with E-state index in [1.807, 2.05) is 18.2 Å². The number of nitrogens with zero attached hydrogens (tertiary/aromatic N) is 2. The molecule has 0 N–H and O–H groups in total. The van der Waals surface area contributed by atoms with Crippen LogP contribution in [0, 0.1) is 5.82 Å². The van der Waals surface area contributed by atoms with Crippen molar-refractivity contribution in [1.82, 2.24) is 9.21 Å². The number of hydrogen-bond donors (Lipinski definition) is 0. The van der Waals surface area contributed by atoms with Gasteiger partial charge in [-0.3, -0.25) is 4.90 Å². The maximum Gasteiger partial charge on any atom is 0.243 e. The van der Waals surface area contributed by atoms with E-state index >= 15 is 0 Å². The zero-order chi connectivity index (χ0) is 19.7. The molecule has 2 aromatic carbocycles. The molecule has 0 amide bonds. The normalized spacial score (nSPS) is 18.2. The van der Waals surface area contributed by atoms with Gasteiger partial charge in [0.1, 0.15) is 19.0 Å². The molecule has 1 fully saturated rings. The third-order valence-corrected chi connectivity index (χ3v) is 7.06. The van der Waals surface area contributed by atoms with Gasteiger partial charge in [-0.1, -0.05) is 17.7 Å². The van der Waals surface area contributed by atoms with Crippen molar-refractivity contribution in [2.75, 3.05) is 39.4 Å². The Morgan fingerprint density at radius 2 is 1.68 bits per heavy atom. The topological polar surface area (TPSA) is 59.1 Å². The van der Waals surface area contributed by atoms with Crippen molar-refractivity contribution in [2.45, 2.75) is 11.4 Å². The molecule has 2 aliphatic rings. The summed E-state index contributed by atoms with van der Waals surface area (Å²) in [6, 6.07) is 9.36. The Morgan fingerprint density at radius 3 is 2.39 bits per heavy atom. The lowest BCUT2D eigenvalue weighted by molar-refractivity contribution is 0.169. The number of rotatable bonds is 4. The van der Waals surface area contributed by atoms with Gasteiger partial charge in [0.2, 0.25) is 10.0 Å². The minimum Gasteiger partial charge on any atom is -0.486 e. The van der Waals surface area contributed by atoms with Gasteiger partial charge < -0.3 is 9.47 Å². The summed E-state index contributed by atoms with van der Waals surface area (Å²) in [5, 5.41) is -0.196. The molecule has 9 heteroatoms. The van der Waals surface area contributed by atoms with Crippen LogP contribution in [-0.4, -0.2) is 57.0 Å². The van der Waals surface area contributed by atoms with E-state index in [0.717, 1.165) is 29.2 Å². The zero-order valence-electron chi connectivity index (χ0n) is 15.1. The van der Waals surface area contributed by atoms with Crippen molar-refractivity contribution < 1.29 is 22.3 Å². The number of benzene rings is 2. The summed E-state index contributed by atoms with van der Waals surface area (Å²) < 4.78 is 51.4. The van der Waals surface area contributed by atoms with Gasteiger partial charge in [-0.05, 0) is 35.9 Å². The van der Waals surface area contributed by atoms with E-state index in [0.29, 0.717) is 45.9 Å². The van der Waals surface area contributed by atoms with Crippen LogP contribution in [0.3, 0.4) is 0 Å². The Hall–Kier alpha value is -1.87. The molecule has 0 bridgehead atoms. The summed E-state index contributed by atoms with van der Waals surface area (Å²) in [4.78, 5) is 2.20. The fraction of sp³-hybridized carbons (Fsp3) is 0.368. The lowest BCUT2D eigenvalue weighted by Gasteiger charge is -2.34. The number of halogens is 2. The number of sulfonamides is 1. The molecule has 2 aliphatic heterocycles. The molecular weight excluding hydrogens is 407 g/mol. The predicted octanol–water partition coefficient (Wildman–Crippen LogP) is 2.76. The highest BCUT2D eigenvalue weighted by Crippen LogP contribution is 2.31. The quantitative estimate of drug-likeness (QED) is 0.752. The molecule has 0 aliphatic carbocycles. The van der Waals surface area contributed by atoms with Crippen LogP contribution in [0.25, 0.3) is 0 Å². The number of ether oxygens (including phenoxy) is 2. The SMILES string of the molecule is O=S(=O)(c1ccc(F)c(Cl)c1)N1CCN(Cc2ccc3c(c2)OCCO3)CC1. The minimum atomic E-state index is -3.69. The molecule has 0 unspecified atom stereocenters. The Kier molecular flexibility index (Phi) is 5.46. The minimum absolute atomic E-state index is 0.0131. The molecule has 4 rings (SSSR count). The fourth-order valence-corrected chi connectivity index (χ4v) is 5.05. The fourth-order valence-electron chi connectivity index (χ4n) is 3.36. The van der Waals surface area contributed by atoms with Gasteiger partial charge in [-0.2, -0.15) is 4.31 Å². The molecule has 0 spiro atoms. The average molecular weight is 427 g/mol. The maximum atomic E-state index is 13.3. The number of piperazine rings is 1. The Balaban J connectivity index is 1.39. The molecule has 0 aromatic heterocycles. The second-order valence-corrected chi connectivity index (χ2v) is 9.08. The summed E-state index contributed by atoms with van der Waals surface area (Å²) in [5.74, 6) is 0.867. The first-order chi connectivity index (χ1) is 13.4. The molecular formula is C19H20ClFN2O4S. The Bertz CT molecular complexity index is 978. The number of hydrogen-bond acceptors (Lipinski definition) is 5.